The minimum Gasteiger partial charge on any atom is -0.492 e. The van der Waals surface area contributed by atoms with Crippen LogP contribution in [0.5, 0.6) is 5.75 Å². The normalized spacial score (nSPS) is 14.3. The molecule has 0 atom stereocenters. The molecule has 1 aromatic rings. The van der Waals surface area contributed by atoms with Crippen molar-refractivity contribution < 1.29 is 14.3 Å². The summed E-state index contributed by atoms with van der Waals surface area (Å²) in [5.74, 6) is -1.39. The molecule has 1 aliphatic carbocycles. The van der Waals surface area contributed by atoms with Gasteiger partial charge in [-0.05, 0) is 44.7 Å². The number of carbonyl (C=O) groups is 2. The van der Waals surface area contributed by atoms with Gasteiger partial charge in [-0.2, -0.15) is 10.1 Å². The van der Waals surface area contributed by atoms with Gasteiger partial charge in [-0.3, -0.25) is 9.59 Å². The van der Waals surface area contributed by atoms with Crippen molar-refractivity contribution >= 4 is 23.2 Å². The van der Waals surface area contributed by atoms with Crippen LogP contribution in [-0.2, 0) is 9.59 Å². The summed E-state index contributed by atoms with van der Waals surface area (Å²) in [5.41, 5.74) is 6.51. The molecule has 0 saturated heterocycles. The zero-order chi connectivity index (χ0) is 15.9. The maximum atomic E-state index is 12.2. The van der Waals surface area contributed by atoms with E-state index in [4.69, 9.17) is 10.5 Å². The second-order valence-corrected chi connectivity index (χ2v) is 5.11. The van der Waals surface area contributed by atoms with Crippen LogP contribution in [0.3, 0.4) is 0 Å². The third-order valence-electron chi connectivity index (χ3n) is 3.47. The number of benzene rings is 1. The minimum absolute atomic E-state index is 0.436. The first-order chi connectivity index (χ1) is 10.6. The lowest BCUT2D eigenvalue weighted by Crippen LogP contribution is -2.38. The fourth-order valence-electron chi connectivity index (χ4n) is 2.42. The second-order valence-electron chi connectivity index (χ2n) is 5.11. The molecule has 0 radical (unpaired) electrons. The van der Waals surface area contributed by atoms with Gasteiger partial charge in [-0.15, -0.1) is 0 Å². The summed E-state index contributed by atoms with van der Waals surface area (Å²) < 4.78 is 5.52. The molecule has 0 aliphatic heterocycles. The maximum absolute atomic E-state index is 12.2. The Morgan fingerprint density at radius 3 is 2.55 bits per heavy atom. The number of anilines is 1. The van der Waals surface area contributed by atoms with E-state index in [1.54, 1.807) is 24.3 Å². The summed E-state index contributed by atoms with van der Waals surface area (Å²) in [7, 11) is 0. The molecule has 0 spiro atoms. The first-order valence-electron chi connectivity index (χ1n) is 7.55. The predicted octanol–water partition coefficient (Wildman–Crippen LogP) is 2.22. The number of hydrogen-bond acceptors (Lipinski definition) is 4. The number of ether oxygens (including phenoxy) is 1. The summed E-state index contributed by atoms with van der Waals surface area (Å²) in [6.45, 7) is 2.30. The number of hydrogen-bond donors (Lipinski definition) is 1. The average Bonchev–Trinajstić information content (AvgIpc) is 2.54. The fourth-order valence-corrected chi connectivity index (χ4v) is 2.42. The van der Waals surface area contributed by atoms with Gasteiger partial charge < -0.3 is 10.5 Å². The maximum Gasteiger partial charge on any atom is 0.336 e. The first-order valence-corrected chi connectivity index (χ1v) is 7.55. The Bertz CT molecular complexity index is 576. The largest absolute Gasteiger partial charge is 0.492 e. The number of hydrazone groups is 1. The predicted molar refractivity (Wildman–Crippen MR) is 84.8 cm³/mol. The van der Waals surface area contributed by atoms with Gasteiger partial charge in [0.25, 0.3) is 0 Å². The molecule has 22 heavy (non-hydrogen) atoms. The van der Waals surface area contributed by atoms with Crippen LogP contribution in [0.1, 0.15) is 39.0 Å². The van der Waals surface area contributed by atoms with E-state index < -0.39 is 11.8 Å². The van der Waals surface area contributed by atoms with Crippen LogP contribution >= 0.6 is 0 Å². The number of amides is 2. The molecular weight excluding hydrogens is 282 g/mol. The highest BCUT2D eigenvalue weighted by molar-refractivity contribution is 6.40. The molecule has 2 amide bonds. The second kappa shape index (κ2) is 7.59. The molecule has 2 rings (SSSR count). The van der Waals surface area contributed by atoms with Gasteiger partial charge >= 0.3 is 11.8 Å². The quantitative estimate of drug-likeness (QED) is 0.683. The molecule has 1 fully saturated rings. The summed E-state index contributed by atoms with van der Waals surface area (Å²) >= 11 is 0. The van der Waals surface area contributed by atoms with Gasteiger partial charge in [0.05, 0.1) is 6.61 Å². The third-order valence-corrected chi connectivity index (χ3v) is 3.47. The van der Waals surface area contributed by atoms with E-state index in [2.05, 4.69) is 5.10 Å². The van der Waals surface area contributed by atoms with Crippen LogP contribution < -0.4 is 15.5 Å². The van der Waals surface area contributed by atoms with E-state index in [0.29, 0.717) is 18.0 Å². The standard InChI is InChI=1S/C16H21N3O3/c1-2-22-14-11-7-6-10-13(14)19(16(21)15(17)20)18-12-8-4-3-5-9-12/h6-7,10-11H,2-5,8-9H2,1H3,(H2,17,20). The number of carbonyl (C=O) groups excluding carboxylic acids is 2. The van der Waals surface area contributed by atoms with Crippen molar-refractivity contribution in [3.05, 3.63) is 24.3 Å². The summed E-state index contributed by atoms with van der Waals surface area (Å²) in [5, 5.41) is 5.47. The summed E-state index contributed by atoms with van der Waals surface area (Å²) in [4.78, 5) is 23.5. The molecule has 6 nitrogen and oxygen atoms in total. The molecule has 1 saturated carbocycles. The Morgan fingerprint density at radius 1 is 1.23 bits per heavy atom. The molecule has 0 heterocycles. The van der Waals surface area contributed by atoms with Gasteiger partial charge in [0.1, 0.15) is 11.4 Å². The Balaban J connectivity index is 2.40. The van der Waals surface area contributed by atoms with Crippen molar-refractivity contribution in [3.63, 3.8) is 0 Å². The summed E-state index contributed by atoms with van der Waals surface area (Å²) in [6, 6.07) is 7.00. The Kier molecular flexibility index (Phi) is 5.52. The molecule has 0 unspecified atom stereocenters. The van der Waals surface area contributed by atoms with Crippen molar-refractivity contribution in [1.82, 2.24) is 0 Å². The summed E-state index contributed by atoms with van der Waals surface area (Å²) in [6.07, 6.45) is 4.92. The topological polar surface area (TPSA) is 85.0 Å². The van der Waals surface area contributed by atoms with Crippen molar-refractivity contribution in [2.24, 2.45) is 10.8 Å². The number of para-hydroxylation sites is 2. The molecule has 6 heteroatoms. The van der Waals surface area contributed by atoms with E-state index in [0.717, 1.165) is 42.8 Å². The van der Waals surface area contributed by atoms with Crippen LogP contribution in [-0.4, -0.2) is 24.1 Å². The minimum atomic E-state index is -1.04. The van der Waals surface area contributed by atoms with E-state index in [9.17, 15) is 9.59 Å². The zero-order valence-electron chi connectivity index (χ0n) is 12.7. The first kappa shape index (κ1) is 16.0. The molecule has 1 aliphatic rings. The fraction of sp³-hybridized carbons (Fsp3) is 0.438. The third kappa shape index (κ3) is 3.84. The lowest BCUT2D eigenvalue weighted by Gasteiger charge is -2.21. The van der Waals surface area contributed by atoms with Crippen LogP contribution in [0.4, 0.5) is 5.69 Å². The molecule has 1 aromatic carbocycles. The van der Waals surface area contributed by atoms with Crippen molar-refractivity contribution in [2.45, 2.75) is 39.0 Å². The number of rotatable bonds is 4. The lowest BCUT2D eigenvalue weighted by atomic mass is 9.99. The van der Waals surface area contributed by atoms with Crippen LogP contribution in [0.2, 0.25) is 0 Å². The van der Waals surface area contributed by atoms with Gasteiger partial charge in [-0.25, -0.2) is 0 Å². The highest BCUT2D eigenvalue weighted by atomic mass is 16.5. The molecule has 0 bridgehead atoms. The number of nitrogens with zero attached hydrogens (tertiary/aromatic N) is 2. The molecule has 0 aromatic heterocycles. The van der Waals surface area contributed by atoms with E-state index in [1.165, 1.54) is 0 Å². The molecular formula is C16H21N3O3. The zero-order valence-corrected chi connectivity index (χ0v) is 12.7. The van der Waals surface area contributed by atoms with E-state index in [-0.39, 0.29) is 0 Å². The van der Waals surface area contributed by atoms with Gasteiger partial charge in [-0.1, -0.05) is 18.6 Å². The average molecular weight is 303 g/mol. The Hall–Kier alpha value is -2.37. The SMILES string of the molecule is CCOc1ccccc1N(N=C1CCCCC1)C(=O)C(N)=O. The Morgan fingerprint density at radius 2 is 1.91 bits per heavy atom. The highest BCUT2D eigenvalue weighted by Crippen LogP contribution is 2.29. The van der Waals surface area contributed by atoms with E-state index in [1.807, 2.05) is 6.92 Å². The van der Waals surface area contributed by atoms with E-state index >= 15 is 0 Å². The number of primary amides is 1. The smallest absolute Gasteiger partial charge is 0.336 e. The van der Waals surface area contributed by atoms with Gasteiger partial charge in [0.2, 0.25) is 0 Å². The van der Waals surface area contributed by atoms with Crippen LogP contribution in [0.15, 0.2) is 29.4 Å². The number of nitrogens with two attached hydrogens (primary N) is 1. The van der Waals surface area contributed by atoms with Crippen molar-refractivity contribution in [3.8, 4) is 5.75 Å². The van der Waals surface area contributed by atoms with Crippen LogP contribution in [0, 0.1) is 0 Å². The lowest BCUT2D eigenvalue weighted by molar-refractivity contribution is -0.135. The van der Waals surface area contributed by atoms with Crippen LogP contribution in [0.25, 0.3) is 0 Å². The van der Waals surface area contributed by atoms with Gasteiger partial charge in [0, 0.05) is 5.71 Å². The van der Waals surface area contributed by atoms with Crippen molar-refractivity contribution in [1.29, 1.82) is 0 Å². The monoisotopic (exact) mass is 303 g/mol. The molecule has 118 valence electrons. The highest BCUT2D eigenvalue weighted by Gasteiger charge is 2.24. The molecule has 2 N–H and O–H groups in total. The Labute approximate surface area is 129 Å². The van der Waals surface area contributed by atoms with Gasteiger partial charge in [0.15, 0.2) is 0 Å². The van der Waals surface area contributed by atoms with Crippen molar-refractivity contribution in [2.75, 3.05) is 11.6 Å².